The van der Waals surface area contributed by atoms with Gasteiger partial charge in [-0.1, -0.05) is 12.2 Å². The molecule has 1 saturated heterocycles. The summed E-state index contributed by atoms with van der Waals surface area (Å²) in [4.78, 5) is 13.9. The Bertz CT molecular complexity index is 620. The quantitative estimate of drug-likeness (QED) is 0.525. The zero-order valence-electron chi connectivity index (χ0n) is 12.5. The molecule has 1 heterocycles. The first kappa shape index (κ1) is 15.1. The molecule has 4 heteroatoms. The van der Waals surface area contributed by atoms with E-state index in [1.54, 1.807) is 36.3 Å². The molecule has 21 heavy (non-hydrogen) atoms. The minimum Gasteiger partial charge on any atom is -0.497 e. The number of hydrogen-bond donors (Lipinski definition) is 1. The first-order valence-corrected chi connectivity index (χ1v) is 6.70. The molecule has 0 aromatic heterocycles. The molecule has 1 aromatic rings. The van der Waals surface area contributed by atoms with Gasteiger partial charge >= 0.3 is 0 Å². The van der Waals surface area contributed by atoms with Crippen LogP contribution in [0.4, 0.5) is 5.69 Å². The second kappa shape index (κ2) is 6.00. The van der Waals surface area contributed by atoms with Crippen molar-refractivity contribution in [2.75, 3.05) is 12.0 Å². The summed E-state index contributed by atoms with van der Waals surface area (Å²) in [7, 11) is 1.59. The fourth-order valence-electron chi connectivity index (χ4n) is 2.51. The van der Waals surface area contributed by atoms with E-state index in [9.17, 15) is 9.90 Å². The van der Waals surface area contributed by atoms with Crippen LogP contribution in [0.2, 0.25) is 0 Å². The van der Waals surface area contributed by atoms with Gasteiger partial charge in [0.25, 0.3) is 5.91 Å². The molecule has 0 unspecified atom stereocenters. The maximum atomic E-state index is 12.4. The van der Waals surface area contributed by atoms with Crippen LogP contribution in [0.25, 0.3) is 0 Å². The molecule has 1 aliphatic rings. The number of ether oxygens (including phenoxy) is 1. The van der Waals surface area contributed by atoms with Gasteiger partial charge in [0.05, 0.1) is 13.2 Å². The van der Waals surface area contributed by atoms with Crippen LogP contribution in [0.5, 0.6) is 5.75 Å². The zero-order chi connectivity index (χ0) is 15.6. The number of β-lactam (4-membered cyclic amide) rings is 1. The van der Waals surface area contributed by atoms with Crippen LogP contribution in [0.3, 0.4) is 0 Å². The summed E-state index contributed by atoms with van der Waals surface area (Å²) in [6.07, 6.45) is 0.642. The molecule has 4 nitrogen and oxygen atoms in total. The van der Waals surface area contributed by atoms with E-state index in [2.05, 4.69) is 12.3 Å². The number of benzene rings is 1. The number of carbonyl (C=O) groups is 1. The van der Waals surface area contributed by atoms with Gasteiger partial charge in [-0.25, -0.2) is 0 Å². The topological polar surface area (TPSA) is 49.8 Å². The molecule has 2 rings (SSSR count). The van der Waals surface area contributed by atoms with Gasteiger partial charge in [-0.3, -0.25) is 9.69 Å². The molecule has 0 radical (unpaired) electrons. The predicted molar refractivity (Wildman–Crippen MR) is 82.4 cm³/mol. The summed E-state index contributed by atoms with van der Waals surface area (Å²) in [6, 6.07) is 6.78. The summed E-state index contributed by atoms with van der Waals surface area (Å²) in [5.74, 6) is 0.638. The Morgan fingerprint density at radius 1 is 1.43 bits per heavy atom. The smallest absolute Gasteiger partial charge is 0.257 e. The number of aliphatic hydroxyl groups excluding tert-OH is 1. The minimum absolute atomic E-state index is 0.0818. The van der Waals surface area contributed by atoms with Crippen molar-refractivity contribution in [2.24, 2.45) is 0 Å². The Balaban J connectivity index is 2.38. The van der Waals surface area contributed by atoms with Crippen molar-refractivity contribution in [2.45, 2.75) is 26.0 Å². The molecule has 0 aliphatic carbocycles. The lowest BCUT2D eigenvalue weighted by Gasteiger charge is -2.45. The SMILES string of the molecule is C=C=C[C@H](O)[C@H]1C(=C(C)C)C(=O)N1c1ccc(OC)cc1. The van der Waals surface area contributed by atoms with Gasteiger partial charge in [0.2, 0.25) is 0 Å². The van der Waals surface area contributed by atoms with Crippen LogP contribution in [-0.2, 0) is 4.79 Å². The Labute approximate surface area is 124 Å². The Kier molecular flexibility index (Phi) is 4.32. The van der Waals surface area contributed by atoms with Crippen molar-refractivity contribution in [3.8, 4) is 5.75 Å². The average Bonchev–Trinajstić information content (AvgIpc) is 2.45. The van der Waals surface area contributed by atoms with E-state index < -0.39 is 12.1 Å². The van der Waals surface area contributed by atoms with E-state index in [4.69, 9.17) is 4.74 Å². The molecule has 0 bridgehead atoms. The third-order valence-corrected chi connectivity index (χ3v) is 3.52. The van der Waals surface area contributed by atoms with Crippen molar-refractivity contribution < 1.29 is 14.6 Å². The first-order chi connectivity index (χ1) is 10.0. The fraction of sp³-hybridized carbons (Fsp3) is 0.294. The molecular weight excluding hydrogens is 266 g/mol. The zero-order valence-corrected chi connectivity index (χ0v) is 12.5. The number of methoxy groups -OCH3 is 1. The number of amides is 1. The van der Waals surface area contributed by atoms with Crippen LogP contribution in [-0.4, -0.2) is 30.3 Å². The summed E-state index contributed by atoms with van der Waals surface area (Å²) in [5, 5.41) is 10.2. The molecule has 1 fully saturated rings. The number of rotatable bonds is 4. The second-order valence-electron chi connectivity index (χ2n) is 5.09. The van der Waals surface area contributed by atoms with Crippen LogP contribution >= 0.6 is 0 Å². The van der Waals surface area contributed by atoms with Crippen LogP contribution in [0.15, 0.2) is 53.8 Å². The molecule has 110 valence electrons. The molecule has 1 amide bonds. The largest absolute Gasteiger partial charge is 0.497 e. The maximum Gasteiger partial charge on any atom is 0.257 e. The Hall–Kier alpha value is -2.29. The van der Waals surface area contributed by atoms with Crippen LogP contribution in [0, 0.1) is 0 Å². The highest BCUT2D eigenvalue weighted by atomic mass is 16.5. The lowest BCUT2D eigenvalue weighted by molar-refractivity contribution is -0.120. The second-order valence-corrected chi connectivity index (χ2v) is 5.09. The summed E-state index contributed by atoms with van der Waals surface area (Å²) in [5.41, 5.74) is 4.86. The van der Waals surface area contributed by atoms with Crippen molar-refractivity contribution >= 4 is 11.6 Å². The number of carbonyl (C=O) groups excluding carboxylic acids is 1. The van der Waals surface area contributed by atoms with Crippen LogP contribution < -0.4 is 9.64 Å². The van der Waals surface area contributed by atoms with Crippen molar-refractivity contribution in [3.05, 3.63) is 53.8 Å². The van der Waals surface area contributed by atoms with Gasteiger partial charge in [-0.15, -0.1) is 5.73 Å². The molecule has 0 saturated carbocycles. The normalized spacial score (nSPS) is 18.7. The van der Waals surface area contributed by atoms with E-state index in [-0.39, 0.29) is 5.91 Å². The number of nitrogens with zero attached hydrogens (tertiary/aromatic N) is 1. The van der Waals surface area contributed by atoms with E-state index in [1.807, 2.05) is 13.8 Å². The molecular formula is C17H19NO3. The number of allylic oxidation sites excluding steroid dienone is 1. The summed E-state index contributed by atoms with van der Waals surface area (Å²) < 4.78 is 5.11. The lowest BCUT2D eigenvalue weighted by Crippen LogP contribution is -2.60. The third-order valence-electron chi connectivity index (χ3n) is 3.52. The van der Waals surface area contributed by atoms with Gasteiger partial charge in [-0.05, 0) is 44.2 Å². The van der Waals surface area contributed by atoms with Gasteiger partial charge in [-0.2, -0.15) is 0 Å². The summed E-state index contributed by atoms with van der Waals surface area (Å²) >= 11 is 0. The monoisotopic (exact) mass is 285 g/mol. The molecule has 1 aliphatic heterocycles. The highest BCUT2D eigenvalue weighted by molar-refractivity contribution is 6.16. The van der Waals surface area contributed by atoms with Gasteiger partial charge in [0.15, 0.2) is 0 Å². The Morgan fingerprint density at radius 3 is 2.52 bits per heavy atom. The molecule has 1 aromatic carbocycles. The predicted octanol–water partition coefficient (Wildman–Crippen LogP) is 2.45. The van der Waals surface area contributed by atoms with Gasteiger partial charge in [0.1, 0.15) is 11.9 Å². The highest BCUT2D eigenvalue weighted by Crippen LogP contribution is 2.36. The van der Waals surface area contributed by atoms with E-state index in [0.717, 1.165) is 17.0 Å². The van der Waals surface area contributed by atoms with Crippen molar-refractivity contribution in [1.29, 1.82) is 0 Å². The molecule has 1 N–H and O–H groups in total. The Morgan fingerprint density at radius 2 is 2.05 bits per heavy atom. The summed E-state index contributed by atoms with van der Waals surface area (Å²) in [6.45, 7) is 7.22. The third kappa shape index (κ3) is 2.64. The van der Waals surface area contributed by atoms with Gasteiger partial charge < -0.3 is 9.84 Å². The van der Waals surface area contributed by atoms with Crippen molar-refractivity contribution in [1.82, 2.24) is 0 Å². The average molecular weight is 285 g/mol. The maximum absolute atomic E-state index is 12.4. The van der Waals surface area contributed by atoms with Gasteiger partial charge in [0, 0.05) is 11.3 Å². The first-order valence-electron chi connectivity index (χ1n) is 6.70. The van der Waals surface area contributed by atoms with Crippen molar-refractivity contribution in [3.63, 3.8) is 0 Å². The highest BCUT2D eigenvalue weighted by Gasteiger charge is 2.46. The minimum atomic E-state index is -0.827. The number of hydrogen-bond acceptors (Lipinski definition) is 3. The standard InChI is InChI=1S/C17H19NO3/c1-5-6-14(19)16-15(11(2)3)17(20)18(16)12-7-9-13(21-4)10-8-12/h6-10,14,16,19H,1H2,2-4H3/t14-,16-/m0/s1. The number of anilines is 1. The van der Waals surface area contributed by atoms with E-state index in [1.165, 1.54) is 6.08 Å². The van der Waals surface area contributed by atoms with Crippen LogP contribution in [0.1, 0.15) is 13.8 Å². The fourth-order valence-corrected chi connectivity index (χ4v) is 2.51. The molecule has 0 spiro atoms. The lowest BCUT2D eigenvalue weighted by atomic mass is 9.85. The molecule has 2 atom stereocenters. The van der Waals surface area contributed by atoms with E-state index >= 15 is 0 Å². The van der Waals surface area contributed by atoms with E-state index in [0.29, 0.717) is 5.57 Å². The number of aliphatic hydroxyl groups is 1.